The van der Waals surface area contributed by atoms with Crippen molar-refractivity contribution in [3.63, 3.8) is 0 Å². The van der Waals surface area contributed by atoms with Gasteiger partial charge >= 0.3 is 0 Å². The maximum Gasteiger partial charge on any atom is 0.0728 e. The molecule has 0 bridgehead atoms. The first kappa shape index (κ1) is 10.9. The van der Waals surface area contributed by atoms with Gasteiger partial charge in [-0.2, -0.15) is 0 Å². The second-order valence-electron chi connectivity index (χ2n) is 3.37. The number of hydrogen-bond acceptors (Lipinski definition) is 3. The third kappa shape index (κ3) is 5.18. The topological polar surface area (TPSA) is 44.5 Å². The predicted octanol–water partition coefficient (Wildman–Crippen LogP) is 1.11. The van der Waals surface area contributed by atoms with E-state index < -0.39 is 0 Å². The fraction of sp³-hybridized carbons (Fsp3) is 0.889. The minimum atomic E-state index is 0.577. The van der Waals surface area contributed by atoms with Crippen LogP contribution in [0.25, 0.3) is 0 Å². The first-order valence-electron chi connectivity index (χ1n) is 4.73. The molecule has 0 amide bonds. The molecule has 1 saturated heterocycles. The SMILES string of the molecule is NC(=S)CCCOCC1CCOC1. The van der Waals surface area contributed by atoms with E-state index in [1.165, 1.54) is 0 Å². The van der Waals surface area contributed by atoms with Crippen LogP contribution in [0, 0.1) is 5.92 Å². The molecule has 0 saturated carbocycles. The molecule has 1 fully saturated rings. The van der Waals surface area contributed by atoms with Gasteiger partial charge in [-0.15, -0.1) is 0 Å². The van der Waals surface area contributed by atoms with Crippen LogP contribution in [-0.4, -0.2) is 31.4 Å². The number of ether oxygens (including phenoxy) is 2. The number of hydrogen-bond donors (Lipinski definition) is 1. The Morgan fingerprint density at radius 2 is 2.46 bits per heavy atom. The number of rotatable bonds is 6. The third-order valence-corrected chi connectivity index (χ3v) is 2.29. The van der Waals surface area contributed by atoms with Gasteiger partial charge in [-0.1, -0.05) is 12.2 Å². The fourth-order valence-corrected chi connectivity index (χ4v) is 1.46. The first-order chi connectivity index (χ1) is 6.29. The lowest BCUT2D eigenvalue weighted by atomic mass is 10.1. The van der Waals surface area contributed by atoms with E-state index in [0.29, 0.717) is 10.9 Å². The van der Waals surface area contributed by atoms with Crippen molar-refractivity contribution in [1.29, 1.82) is 0 Å². The summed E-state index contributed by atoms with van der Waals surface area (Å²) < 4.78 is 10.7. The second kappa shape index (κ2) is 6.29. The van der Waals surface area contributed by atoms with E-state index in [4.69, 9.17) is 27.4 Å². The molecule has 1 rings (SSSR count). The van der Waals surface area contributed by atoms with Crippen LogP contribution in [0.3, 0.4) is 0 Å². The van der Waals surface area contributed by atoms with Crippen LogP contribution >= 0.6 is 12.2 Å². The van der Waals surface area contributed by atoms with E-state index >= 15 is 0 Å². The van der Waals surface area contributed by atoms with Crippen LogP contribution in [-0.2, 0) is 9.47 Å². The lowest BCUT2D eigenvalue weighted by Crippen LogP contribution is -2.12. The highest BCUT2D eigenvalue weighted by Gasteiger charge is 2.14. The van der Waals surface area contributed by atoms with Crippen molar-refractivity contribution in [2.24, 2.45) is 11.7 Å². The fourth-order valence-electron chi connectivity index (χ4n) is 1.31. The minimum Gasteiger partial charge on any atom is -0.393 e. The van der Waals surface area contributed by atoms with Crippen molar-refractivity contribution < 1.29 is 9.47 Å². The second-order valence-corrected chi connectivity index (χ2v) is 3.90. The van der Waals surface area contributed by atoms with Crippen molar-refractivity contribution in [2.45, 2.75) is 19.3 Å². The van der Waals surface area contributed by atoms with Crippen LogP contribution in [0.4, 0.5) is 0 Å². The predicted molar refractivity (Wildman–Crippen MR) is 55.8 cm³/mol. The van der Waals surface area contributed by atoms with Crippen LogP contribution in [0.15, 0.2) is 0 Å². The van der Waals surface area contributed by atoms with Crippen molar-refractivity contribution in [3.05, 3.63) is 0 Å². The van der Waals surface area contributed by atoms with Crippen molar-refractivity contribution in [2.75, 3.05) is 26.4 Å². The van der Waals surface area contributed by atoms with Gasteiger partial charge in [0.1, 0.15) is 0 Å². The Kier molecular flexibility index (Phi) is 5.27. The molecule has 76 valence electrons. The van der Waals surface area contributed by atoms with E-state index in [1.807, 2.05) is 0 Å². The standard InChI is InChI=1S/C9H17NO2S/c10-9(13)2-1-4-11-6-8-3-5-12-7-8/h8H,1-7H2,(H2,10,13). The molecule has 1 atom stereocenters. The van der Waals surface area contributed by atoms with E-state index in [0.717, 1.165) is 45.7 Å². The summed E-state index contributed by atoms with van der Waals surface area (Å²) in [5.74, 6) is 0.602. The van der Waals surface area contributed by atoms with Crippen molar-refractivity contribution in [1.82, 2.24) is 0 Å². The molecule has 2 N–H and O–H groups in total. The van der Waals surface area contributed by atoms with Crippen LogP contribution in [0.2, 0.25) is 0 Å². The van der Waals surface area contributed by atoms with Gasteiger partial charge in [-0.25, -0.2) is 0 Å². The van der Waals surface area contributed by atoms with Crippen LogP contribution < -0.4 is 5.73 Å². The summed E-state index contributed by atoms with van der Waals surface area (Å²) in [4.78, 5) is 0.577. The molecule has 0 aromatic heterocycles. The first-order valence-corrected chi connectivity index (χ1v) is 5.13. The molecule has 0 aromatic rings. The summed E-state index contributed by atoms with van der Waals surface area (Å²) in [5, 5.41) is 0. The Hall–Kier alpha value is -0.190. The Morgan fingerprint density at radius 1 is 1.62 bits per heavy atom. The Balaban J connectivity index is 1.86. The largest absolute Gasteiger partial charge is 0.393 e. The average Bonchev–Trinajstić information content (AvgIpc) is 2.55. The van der Waals surface area contributed by atoms with Crippen molar-refractivity contribution >= 4 is 17.2 Å². The molecule has 1 heterocycles. The van der Waals surface area contributed by atoms with Gasteiger partial charge in [0.2, 0.25) is 0 Å². The summed E-state index contributed by atoms with van der Waals surface area (Å²) in [6.07, 6.45) is 2.86. The zero-order chi connectivity index (χ0) is 9.52. The lowest BCUT2D eigenvalue weighted by molar-refractivity contribution is 0.0891. The molecular formula is C9H17NO2S. The zero-order valence-corrected chi connectivity index (χ0v) is 8.65. The highest BCUT2D eigenvalue weighted by Crippen LogP contribution is 2.12. The Morgan fingerprint density at radius 3 is 3.08 bits per heavy atom. The third-order valence-electron chi connectivity index (χ3n) is 2.09. The molecule has 1 aliphatic heterocycles. The molecule has 13 heavy (non-hydrogen) atoms. The minimum absolute atomic E-state index is 0.577. The van der Waals surface area contributed by atoms with Crippen molar-refractivity contribution in [3.8, 4) is 0 Å². The van der Waals surface area contributed by atoms with Gasteiger partial charge < -0.3 is 15.2 Å². The molecule has 3 nitrogen and oxygen atoms in total. The highest BCUT2D eigenvalue weighted by molar-refractivity contribution is 7.80. The maximum absolute atomic E-state index is 5.47. The van der Waals surface area contributed by atoms with Gasteiger partial charge in [0, 0.05) is 19.1 Å². The summed E-state index contributed by atoms with van der Waals surface area (Å²) >= 11 is 4.75. The normalized spacial score (nSPS) is 22.0. The molecule has 4 heteroatoms. The quantitative estimate of drug-likeness (QED) is 0.519. The van der Waals surface area contributed by atoms with Gasteiger partial charge in [0.15, 0.2) is 0 Å². The summed E-state index contributed by atoms with van der Waals surface area (Å²) in [6, 6.07) is 0. The lowest BCUT2D eigenvalue weighted by Gasteiger charge is -2.07. The summed E-state index contributed by atoms with van der Waals surface area (Å²) in [5.41, 5.74) is 5.35. The molecule has 1 aliphatic rings. The van der Waals surface area contributed by atoms with E-state index in [1.54, 1.807) is 0 Å². The smallest absolute Gasteiger partial charge is 0.0728 e. The van der Waals surface area contributed by atoms with E-state index in [9.17, 15) is 0 Å². The Labute approximate surface area is 84.6 Å². The Bertz CT molecular complexity index is 158. The molecule has 0 spiro atoms. The molecular weight excluding hydrogens is 186 g/mol. The maximum atomic E-state index is 5.47. The van der Waals surface area contributed by atoms with E-state index in [-0.39, 0.29) is 0 Å². The van der Waals surface area contributed by atoms with Gasteiger partial charge in [0.05, 0.1) is 18.2 Å². The average molecular weight is 203 g/mol. The van der Waals surface area contributed by atoms with Crippen LogP contribution in [0.5, 0.6) is 0 Å². The van der Waals surface area contributed by atoms with Gasteiger partial charge in [-0.3, -0.25) is 0 Å². The summed E-state index contributed by atoms with van der Waals surface area (Å²) in [6.45, 7) is 3.32. The molecule has 1 unspecified atom stereocenters. The highest BCUT2D eigenvalue weighted by atomic mass is 32.1. The number of thiocarbonyl (C=S) groups is 1. The van der Waals surface area contributed by atoms with E-state index in [2.05, 4.69) is 0 Å². The summed E-state index contributed by atoms with van der Waals surface area (Å²) in [7, 11) is 0. The number of nitrogens with two attached hydrogens (primary N) is 1. The van der Waals surface area contributed by atoms with Gasteiger partial charge in [-0.05, 0) is 19.3 Å². The van der Waals surface area contributed by atoms with Crippen LogP contribution in [0.1, 0.15) is 19.3 Å². The molecule has 0 aromatic carbocycles. The zero-order valence-electron chi connectivity index (χ0n) is 7.83. The molecule has 0 radical (unpaired) electrons. The molecule has 0 aliphatic carbocycles. The monoisotopic (exact) mass is 203 g/mol. The van der Waals surface area contributed by atoms with Gasteiger partial charge in [0.25, 0.3) is 0 Å².